The van der Waals surface area contributed by atoms with Gasteiger partial charge in [0.25, 0.3) is 5.91 Å². The van der Waals surface area contributed by atoms with Crippen molar-refractivity contribution in [3.63, 3.8) is 0 Å². The molecule has 0 spiro atoms. The number of amides is 1. The first kappa shape index (κ1) is 18.7. The molecule has 0 saturated heterocycles. The SMILES string of the molecule is COc1ccc(C(=O)NCc2cccnc2-c2cccs2)c(OC)c1OC. The van der Waals surface area contributed by atoms with Crippen molar-refractivity contribution in [1.29, 1.82) is 0 Å². The molecule has 0 saturated carbocycles. The van der Waals surface area contributed by atoms with Crippen molar-refractivity contribution in [1.82, 2.24) is 10.3 Å². The van der Waals surface area contributed by atoms with Crippen LogP contribution in [0.25, 0.3) is 10.6 Å². The monoisotopic (exact) mass is 384 g/mol. The Morgan fingerprint density at radius 3 is 2.52 bits per heavy atom. The number of pyridine rings is 1. The lowest BCUT2D eigenvalue weighted by molar-refractivity contribution is 0.0947. The zero-order valence-corrected chi connectivity index (χ0v) is 16.1. The topological polar surface area (TPSA) is 69.7 Å². The van der Waals surface area contributed by atoms with E-state index in [4.69, 9.17) is 14.2 Å². The summed E-state index contributed by atoms with van der Waals surface area (Å²) in [5, 5.41) is 4.93. The lowest BCUT2D eigenvalue weighted by atomic mass is 10.1. The van der Waals surface area contributed by atoms with Gasteiger partial charge >= 0.3 is 0 Å². The molecule has 1 amide bonds. The third kappa shape index (κ3) is 3.88. The fourth-order valence-electron chi connectivity index (χ4n) is 2.77. The first-order chi connectivity index (χ1) is 13.2. The molecule has 6 nitrogen and oxygen atoms in total. The highest BCUT2D eigenvalue weighted by Crippen LogP contribution is 2.39. The van der Waals surface area contributed by atoms with Crippen molar-refractivity contribution in [2.24, 2.45) is 0 Å². The van der Waals surface area contributed by atoms with E-state index in [1.807, 2.05) is 29.6 Å². The lowest BCUT2D eigenvalue weighted by Crippen LogP contribution is -2.24. The van der Waals surface area contributed by atoms with Crippen LogP contribution in [0.4, 0.5) is 0 Å². The number of methoxy groups -OCH3 is 3. The molecular formula is C20H20N2O4S. The molecule has 2 heterocycles. The van der Waals surface area contributed by atoms with Crippen molar-refractivity contribution < 1.29 is 19.0 Å². The zero-order valence-electron chi connectivity index (χ0n) is 15.3. The van der Waals surface area contributed by atoms with E-state index in [1.54, 1.807) is 29.7 Å². The van der Waals surface area contributed by atoms with Crippen molar-refractivity contribution in [3.8, 4) is 27.8 Å². The van der Waals surface area contributed by atoms with Crippen LogP contribution in [0, 0.1) is 0 Å². The first-order valence-electron chi connectivity index (χ1n) is 8.24. The molecule has 27 heavy (non-hydrogen) atoms. The van der Waals surface area contributed by atoms with Crippen LogP contribution in [0.5, 0.6) is 17.2 Å². The van der Waals surface area contributed by atoms with Crippen LogP contribution < -0.4 is 19.5 Å². The average molecular weight is 384 g/mol. The Balaban J connectivity index is 1.84. The Labute approximate surface area is 161 Å². The van der Waals surface area contributed by atoms with Gasteiger partial charge in [0.05, 0.1) is 37.5 Å². The van der Waals surface area contributed by atoms with E-state index in [9.17, 15) is 4.79 Å². The summed E-state index contributed by atoms with van der Waals surface area (Å²) in [7, 11) is 4.53. The maximum absolute atomic E-state index is 12.8. The van der Waals surface area contributed by atoms with Gasteiger partial charge in [0.2, 0.25) is 5.75 Å². The third-order valence-electron chi connectivity index (χ3n) is 4.03. The second-order valence-corrected chi connectivity index (χ2v) is 6.50. The van der Waals surface area contributed by atoms with Crippen molar-refractivity contribution in [3.05, 3.63) is 59.1 Å². The Morgan fingerprint density at radius 2 is 1.85 bits per heavy atom. The molecule has 2 aromatic heterocycles. The molecule has 3 aromatic rings. The normalized spacial score (nSPS) is 10.3. The summed E-state index contributed by atoms with van der Waals surface area (Å²) in [5.41, 5.74) is 2.18. The van der Waals surface area contributed by atoms with E-state index in [0.29, 0.717) is 29.4 Å². The second kappa shape index (κ2) is 8.55. The molecule has 1 aromatic carbocycles. The molecule has 0 unspecified atom stereocenters. The quantitative estimate of drug-likeness (QED) is 0.672. The van der Waals surface area contributed by atoms with Gasteiger partial charge < -0.3 is 19.5 Å². The summed E-state index contributed by atoms with van der Waals surface area (Å²) in [6, 6.07) is 11.1. The van der Waals surface area contributed by atoms with Gasteiger partial charge in [0, 0.05) is 12.7 Å². The highest BCUT2D eigenvalue weighted by molar-refractivity contribution is 7.13. The van der Waals surface area contributed by atoms with Crippen LogP contribution in [0.3, 0.4) is 0 Å². The van der Waals surface area contributed by atoms with Crippen molar-refractivity contribution in [2.75, 3.05) is 21.3 Å². The number of ether oxygens (including phenoxy) is 3. The number of carbonyl (C=O) groups is 1. The Bertz CT molecular complexity index is 926. The number of carbonyl (C=O) groups excluding carboxylic acids is 1. The molecule has 140 valence electrons. The van der Waals surface area contributed by atoms with Crippen LogP contribution in [-0.4, -0.2) is 32.2 Å². The molecule has 0 bridgehead atoms. The molecule has 0 aliphatic carbocycles. The molecule has 0 aliphatic heterocycles. The van der Waals surface area contributed by atoms with Crippen molar-refractivity contribution in [2.45, 2.75) is 6.54 Å². The van der Waals surface area contributed by atoms with Crippen LogP contribution in [0.2, 0.25) is 0 Å². The van der Waals surface area contributed by atoms with Gasteiger partial charge in [-0.1, -0.05) is 12.1 Å². The molecule has 0 radical (unpaired) electrons. The predicted octanol–water partition coefficient (Wildman–Crippen LogP) is 3.77. The van der Waals surface area contributed by atoms with Gasteiger partial charge in [-0.2, -0.15) is 0 Å². The number of hydrogen-bond acceptors (Lipinski definition) is 6. The van der Waals surface area contributed by atoms with Crippen LogP contribution in [0.1, 0.15) is 15.9 Å². The maximum atomic E-state index is 12.8. The minimum atomic E-state index is -0.270. The third-order valence-corrected chi connectivity index (χ3v) is 4.91. The van der Waals surface area contributed by atoms with Gasteiger partial charge in [-0.3, -0.25) is 9.78 Å². The molecular weight excluding hydrogens is 364 g/mol. The molecule has 1 N–H and O–H groups in total. The minimum absolute atomic E-state index is 0.270. The Hall–Kier alpha value is -3.06. The first-order valence-corrected chi connectivity index (χ1v) is 9.12. The van der Waals surface area contributed by atoms with Gasteiger partial charge in [-0.05, 0) is 35.2 Å². The second-order valence-electron chi connectivity index (χ2n) is 5.55. The fourth-order valence-corrected chi connectivity index (χ4v) is 3.52. The average Bonchev–Trinajstić information content (AvgIpc) is 3.25. The molecule has 0 aliphatic rings. The van der Waals surface area contributed by atoms with Gasteiger partial charge in [-0.25, -0.2) is 0 Å². The molecule has 3 rings (SSSR count). The number of nitrogens with one attached hydrogen (secondary N) is 1. The summed E-state index contributed by atoms with van der Waals surface area (Å²) in [6.45, 7) is 0.345. The zero-order chi connectivity index (χ0) is 19.2. The summed E-state index contributed by atoms with van der Waals surface area (Å²) in [5.74, 6) is 0.944. The number of hydrogen-bond donors (Lipinski definition) is 1. The highest BCUT2D eigenvalue weighted by Gasteiger charge is 2.20. The van der Waals surface area contributed by atoms with E-state index >= 15 is 0 Å². The van der Waals surface area contributed by atoms with Gasteiger partial charge in [-0.15, -0.1) is 11.3 Å². The summed E-state index contributed by atoms with van der Waals surface area (Å²) in [4.78, 5) is 18.3. The maximum Gasteiger partial charge on any atom is 0.255 e. The number of benzene rings is 1. The van der Waals surface area contributed by atoms with E-state index in [2.05, 4.69) is 10.3 Å². The van der Waals surface area contributed by atoms with E-state index in [-0.39, 0.29) is 5.91 Å². The lowest BCUT2D eigenvalue weighted by Gasteiger charge is -2.16. The number of aromatic nitrogens is 1. The van der Waals surface area contributed by atoms with Crippen LogP contribution in [0.15, 0.2) is 48.0 Å². The minimum Gasteiger partial charge on any atom is -0.493 e. The molecule has 0 atom stereocenters. The summed E-state index contributed by atoms with van der Waals surface area (Å²) in [6.07, 6.45) is 1.75. The van der Waals surface area contributed by atoms with Crippen LogP contribution >= 0.6 is 11.3 Å². The molecule has 7 heteroatoms. The fraction of sp³-hybridized carbons (Fsp3) is 0.200. The molecule has 0 fully saturated rings. The summed E-state index contributed by atoms with van der Waals surface area (Å²) < 4.78 is 16.0. The van der Waals surface area contributed by atoms with Crippen LogP contribution in [-0.2, 0) is 6.54 Å². The Morgan fingerprint density at radius 1 is 1.04 bits per heavy atom. The van der Waals surface area contributed by atoms with Crippen molar-refractivity contribution >= 4 is 17.2 Å². The highest BCUT2D eigenvalue weighted by atomic mass is 32.1. The number of thiophene rings is 1. The smallest absolute Gasteiger partial charge is 0.255 e. The predicted molar refractivity (Wildman–Crippen MR) is 105 cm³/mol. The van der Waals surface area contributed by atoms with E-state index in [0.717, 1.165) is 16.1 Å². The summed E-state index contributed by atoms with van der Waals surface area (Å²) >= 11 is 1.61. The van der Waals surface area contributed by atoms with E-state index < -0.39 is 0 Å². The van der Waals surface area contributed by atoms with Gasteiger partial charge in [0.15, 0.2) is 11.5 Å². The number of rotatable bonds is 7. The van der Waals surface area contributed by atoms with Gasteiger partial charge in [0.1, 0.15) is 0 Å². The van der Waals surface area contributed by atoms with E-state index in [1.165, 1.54) is 21.3 Å². The largest absolute Gasteiger partial charge is 0.493 e. The number of nitrogens with zero attached hydrogens (tertiary/aromatic N) is 1. The standard InChI is InChI=1S/C20H20N2O4S/c1-24-15-9-8-14(18(25-2)19(15)26-3)20(23)22-12-13-6-4-10-21-17(13)16-7-5-11-27-16/h4-11H,12H2,1-3H3,(H,22,23). The Kier molecular flexibility index (Phi) is 5.93.